The molecule has 0 saturated carbocycles. The van der Waals surface area contributed by atoms with Gasteiger partial charge in [-0.2, -0.15) is 5.10 Å². The minimum atomic E-state index is -0.0522. The zero-order valence-electron chi connectivity index (χ0n) is 19.7. The molecule has 7 heteroatoms. The molecule has 7 nitrogen and oxygen atoms in total. The van der Waals surface area contributed by atoms with Crippen molar-refractivity contribution < 1.29 is 9.59 Å². The summed E-state index contributed by atoms with van der Waals surface area (Å²) < 4.78 is 0. The van der Waals surface area contributed by atoms with Crippen molar-refractivity contribution in [3.05, 3.63) is 48.2 Å². The Kier molecular flexibility index (Phi) is 7.57. The number of carbonyl (C=O) groups excluding carboxylic acids is 2. The SMILES string of the molecule is CCCC(C)C(=O)N1CCC(c2ccc(NC(=O)C3CCN(c4cccnn4)C3)cc2)CC1. The predicted octanol–water partition coefficient (Wildman–Crippen LogP) is 4.08. The lowest BCUT2D eigenvalue weighted by Gasteiger charge is -2.34. The number of anilines is 2. The lowest BCUT2D eigenvalue weighted by atomic mass is 9.88. The van der Waals surface area contributed by atoms with E-state index < -0.39 is 0 Å². The van der Waals surface area contributed by atoms with Gasteiger partial charge in [0.15, 0.2) is 5.82 Å². The van der Waals surface area contributed by atoms with Gasteiger partial charge in [-0.25, -0.2) is 0 Å². The zero-order valence-corrected chi connectivity index (χ0v) is 19.7. The average Bonchev–Trinajstić information content (AvgIpc) is 3.36. The molecule has 0 radical (unpaired) electrons. The Labute approximate surface area is 196 Å². The molecule has 3 heterocycles. The van der Waals surface area contributed by atoms with Crippen LogP contribution in [-0.2, 0) is 9.59 Å². The maximum absolute atomic E-state index is 12.8. The first-order valence-corrected chi connectivity index (χ1v) is 12.3. The van der Waals surface area contributed by atoms with Crippen LogP contribution in [0.3, 0.4) is 0 Å². The van der Waals surface area contributed by atoms with E-state index in [0.717, 1.165) is 63.2 Å². The molecule has 2 aliphatic heterocycles. The molecule has 4 rings (SSSR count). The molecule has 2 aliphatic rings. The van der Waals surface area contributed by atoms with E-state index in [1.54, 1.807) is 6.20 Å². The fourth-order valence-corrected chi connectivity index (χ4v) is 5.03. The maximum atomic E-state index is 12.8. The van der Waals surface area contributed by atoms with Gasteiger partial charge in [-0.05, 0) is 61.4 Å². The van der Waals surface area contributed by atoms with E-state index in [2.05, 4.69) is 39.5 Å². The van der Waals surface area contributed by atoms with Crippen LogP contribution in [0.4, 0.5) is 11.5 Å². The fourth-order valence-electron chi connectivity index (χ4n) is 5.03. The second-order valence-corrected chi connectivity index (χ2v) is 9.41. The largest absolute Gasteiger partial charge is 0.354 e. The highest BCUT2D eigenvalue weighted by atomic mass is 16.2. The summed E-state index contributed by atoms with van der Waals surface area (Å²) in [6, 6.07) is 12.0. The molecular formula is C26H35N5O2. The Morgan fingerprint density at radius 3 is 2.52 bits per heavy atom. The number of aromatic nitrogens is 2. The molecule has 0 aliphatic carbocycles. The molecule has 2 aromatic rings. The van der Waals surface area contributed by atoms with E-state index in [0.29, 0.717) is 18.4 Å². The van der Waals surface area contributed by atoms with Gasteiger partial charge in [0, 0.05) is 44.0 Å². The molecule has 176 valence electrons. The van der Waals surface area contributed by atoms with Crippen molar-refractivity contribution in [1.29, 1.82) is 0 Å². The monoisotopic (exact) mass is 449 g/mol. The molecule has 2 amide bonds. The molecule has 1 aromatic carbocycles. The fraction of sp³-hybridized carbons (Fsp3) is 0.538. The number of hydrogen-bond acceptors (Lipinski definition) is 5. The number of rotatable bonds is 7. The third-order valence-electron chi connectivity index (χ3n) is 7.04. The second kappa shape index (κ2) is 10.8. The molecule has 33 heavy (non-hydrogen) atoms. The van der Waals surface area contributed by atoms with E-state index in [1.807, 2.05) is 36.1 Å². The first kappa shape index (κ1) is 23.2. The van der Waals surface area contributed by atoms with Crippen LogP contribution in [-0.4, -0.2) is 53.1 Å². The number of carbonyl (C=O) groups is 2. The highest BCUT2D eigenvalue weighted by Gasteiger charge is 2.29. The number of piperidine rings is 1. The summed E-state index contributed by atoms with van der Waals surface area (Å²) in [6.07, 6.45) is 6.48. The highest BCUT2D eigenvalue weighted by Crippen LogP contribution is 2.30. The molecular weight excluding hydrogens is 414 g/mol. The van der Waals surface area contributed by atoms with Crippen molar-refractivity contribution in [3.8, 4) is 0 Å². The molecule has 2 saturated heterocycles. The lowest BCUT2D eigenvalue weighted by Crippen LogP contribution is -2.40. The van der Waals surface area contributed by atoms with Crippen molar-refractivity contribution in [3.63, 3.8) is 0 Å². The molecule has 1 N–H and O–H groups in total. The van der Waals surface area contributed by atoms with E-state index in [4.69, 9.17) is 0 Å². The van der Waals surface area contributed by atoms with Crippen LogP contribution < -0.4 is 10.2 Å². The van der Waals surface area contributed by atoms with Gasteiger partial charge in [0.05, 0.1) is 5.92 Å². The van der Waals surface area contributed by atoms with Gasteiger partial charge >= 0.3 is 0 Å². The van der Waals surface area contributed by atoms with Crippen LogP contribution in [0.25, 0.3) is 0 Å². The van der Waals surface area contributed by atoms with Crippen molar-refractivity contribution >= 4 is 23.3 Å². The Morgan fingerprint density at radius 1 is 1.09 bits per heavy atom. The van der Waals surface area contributed by atoms with Crippen LogP contribution in [0.1, 0.15) is 57.4 Å². The van der Waals surface area contributed by atoms with Gasteiger partial charge in [0.25, 0.3) is 0 Å². The van der Waals surface area contributed by atoms with Crippen molar-refractivity contribution in [2.75, 3.05) is 36.4 Å². The van der Waals surface area contributed by atoms with E-state index in [-0.39, 0.29) is 17.7 Å². The molecule has 2 fully saturated rings. The van der Waals surface area contributed by atoms with E-state index in [1.165, 1.54) is 5.56 Å². The normalized spacial score (nSPS) is 20.0. The Balaban J connectivity index is 1.26. The first-order chi connectivity index (χ1) is 16.0. The third kappa shape index (κ3) is 5.70. The Hall–Kier alpha value is -2.96. The minimum absolute atomic E-state index is 0.0522. The highest BCUT2D eigenvalue weighted by molar-refractivity contribution is 5.93. The number of hydrogen-bond donors (Lipinski definition) is 1. The lowest BCUT2D eigenvalue weighted by molar-refractivity contribution is -0.136. The summed E-state index contributed by atoms with van der Waals surface area (Å²) in [5.74, 6) is 1.73. The van der Waals surface area contributed by atoms with Crippen molar-refractivity contribution in [1.82, 2.24) is 15.1 Å². The smallest absolute Gasteiger partial charge is 0.229 e. The minimum Gasteiger partial charge on any atom is -0.354 e. The molecule has 2 unspecified atom stereocenters. The quantitative estimate of drug-likeness (QED) is 0.689. The van der Waals surface area contributed by atoms with E-state index >= 15 is 0 Å². The number of nitrogens with zero attached hydrogens (tertiary/aromatic N) is 4. The summed E-state index contributed by atoms with van der Waals surface area (Å²) in [5.41, 5.74) is 2.12. The van der Waals surface area contributed by atoms with Crippen LogP contribution in [0, 0.1) is 11.8 Å². The molecule has 2 atom stereocenters. The van der Waals surface area contributed by atoms with Crippen molar-refractivity contribution in [2.45, 2.75) is 51.9 Å². The summed E-state index contributed by atoms with van der Waals surface area (Å²) in [5, 5.41) is 11.2. The zero-order chi connectivity index (χ0) is 23.2. The summed E-state index contributed by atoms with van der Waals surface area (Å²) in [7, 11) is 0. The standard InChI is InChI=1S/C26H35N5O2/c1-3-5-19(2)26(33)30-15-11-21(12-16-30)20-7-9-23(10-8-20)28-25(32)22-13-17-31(18-22)24-6-4-14-27-29-24/h4,6-10,14,19,21-22H,3,5,11-13,15-18H2,1-2H3,(H,28,32). The van der Waals surface area contributed by atoms with Crippen LogP contribution in [0.5, 0.6) is 0 Å². The topological polar surface area (TPSA) is 78.4 Å². The number of likely N-dealkylation sites (tertiary alicyclic amines) is 1. The summed E-state index contributed by atoms with van der Waals surface area (Å²) in [4.78, 5) is 29.5. The van der Waals surface area contributed by atoms with Crippen LogP contribution >= 0.6 is 0 Å². The van der Waals surface area contributed by atoms with Crippen molar-refractivity contribution in [2.24, 2.45) is 11.8 Å². The van der Waals surface area contributed by atoms with Gasteiger partial charge in [-0.15, -0.1) is 5.10 Å². The number of nitrogens with one attached hydrogen (secondary N) is 1. The summed E-state index contributed by atoms with van der Waals surface area (Å²) >= 11 is 0. The third-order valence-corrected chi connectivity index (χ3v) is 7.04. The number of benzene rings is 1. The van der Waals surface area contributed by atoms with Gasteiger partial charge < -0.3 is 15.1 Å². The van der Waals surface area contributed by atoms with Gasteiger partial charge in [-0.3, -0.25) is 9.59 Å². The molecule has 0 spiro atoms. The van der Waals surface area contributed by atoms with Gasteiger partial charge in [0.2, 0.25) is 11.8 Å². The molecule has 1 aromatic heterocycles. The molecule has 0 bridgehead atoms. The maximum Gasteiger partial charge on any atom is 0.229 e. The van der Waals surface area contributed by atoms with E-state index in [9.17, 15) is 9.59 Å². The Bertz CT molecular complexity index is 925. The number of amides is 2. The predicted molar refractivity (Wildman–Crippen MR) is 130 cm³/mol. The van der Waals surface area contributed by atoms with Gasteiger partial charge in [0.1, 0.15) is 0 Å². The average molecular weight is 450 g/mol. The first-order valence-electron chi connectivity index (χ1n) is 12.3. The van der Waals surface area contributed by atoms with Crippen LogP contribution in [0.15, 0.2) is 42.6 Å². The van der Waals surface area contributed by atoms with Gasteiger partial charge in [-0.1, -0.05) is 32.4 Å². The Morgan fingerprint density at radius 2 is 1.85 bits per heavy atom. The van der Waals surface area contributed by atoms with Crippen LogP contribution in [0.2, 0.25) is 0 Å². The second-order valence-electron chi connectivity index (χ2n) is 9.41. The summed E-state index contributed by atoms with van der Waals surface area (Å²) in [6.45, 7) is 7.32.